The van der Waals surface area contributed by atoms with Gasteiger partial charge in [0.2, 0.25) is 0 Å². The Labute approximate surface area is 144 Å². The lowest BCUT2D eigenvalue weighted by Gasteiger charge is -2.12. The van der Waals surface area contributed by atoms with Crippen LogP contribution in [0, 0.1) is 27.7 Å². The number of ether oxygens (including phenoxy) is 1. The zero-order valence-electron chi connectivity index (χ0n) is 14.8. The molecule has 3 aromatic rings. The van der Waals surface area contributed by atoms with Crippen molar-refractivity contribution < 1.29 is 4.74 Å². The Bertz CT molecular complexity index is 868. The molecule has 0 aliphatic rings. The van der Waals surface area contributed by atoms with Gasteiger partial charge in [-0.3, -0.25) is 4.98 Å². The molecule has 0 aliphatic carbocycles. The summed E-state index contributed by atoms with van der Waals surface area (Å²) < 4.78 is 5.98. The summed E-state index contributed by atoms with van der Waals surface area (Å²) in [5.41, 5.74) is 8.45. The third kappa shape index (κ3) is 3.48. The van der Waals surface area contributed by atoms with Gasteiger partial charge in [-0.15, -0.1) is 0 Å². The maximum atomic E-state index is 5.98. The Morgan fingerprint density at radius 2 is 1.71 bits per heavy atom. The van der Waals surface area contributed by atoms with Crippen molar-refractivity contribution in [2.24, 2.45) is 0 Å². The molecule has 122 valence electrons. The maximum absolute atomic E-state index is 5.98. The lowest BCUT2D eigenvalue weighted by molar-refractivity contribution is 0.303. The molecule has 0 unspecified atom stereocenters. The van der Waals surface area contributed by atoms with Crippen molar-refractivity contribution in [2.45, 2.75) is 34.3 Å². The minimum atomic E-state index is 0.523. The van der Waals surface area contributed by atoms with Crippen molar-refractivity contribution in [1.82, 2.24) is 4.98 Å². The van der Waals surface area contributed by atoms with Crippen molar-refractivity contribution in [3.05, 3.63) is 82.7 Å². The molecule has 0 aliphatic heterocycles. The van der Waals surface area contributed by atoms with E-state index in [1.54, 1.807) is 0 Å². The molecule has 24 heavy (non-hydrogen) atoms. The topological polar surface area (TPSA) is 22.1 Å². The zero-order valence-corrected chi connectivity index (χ0v) is 14.8. The molecule has 0 bridgehead atoms. The average Bonchev–Trinajstić information content (AvgIpc) is 2.57. The molecule has 0 spiro atoms. The van der Waals surface area contributed by atoms with Crippen LogP contribution in [0.25, 0.3) is 11.1 Å². The molecule has 0 saturated carbocycles. The molecule has 0 saturated heterocycles. The number of aromatic nitrogens is 1. The van der Waals surface area contributed by atoms with Gasteiger partial charge in [0.25, 0.3) is 0 Å². The first-order chi connectivity index (χ1) is 11.5. The zero-order chi connectivity index (χ0) is 17.1. The first kappa shape index (κ1) is 16.3. The normalized spacial score (nSPS) is 10.7. The standard InChI is InChI=1S/C22H23NO/c1-15-8-9-22(17(3)10-15)24-14-19-11-20(13-23-12-19)21-7-5-6-16(2)18(21)4/h5-13H,14H2,1-4H3. The molecule has 1 aromatic heterocycles. The highest BCUT2D eigenvalue weighted by atomic mass is 16.5. The second-order valence-corrected chi connectivity index (χ2v) is 6.39. The van der Waals surface area contributed by atoms with E-state index in [4.69, 9.17) is 4.74 Å². The van der Waals surface area contributed by atoms with Crippen molar-refractivity contribution in [3.8, 4) is 16.9 Å². The molecular weight excluding hydrogens is 294 g/mol. The van der Waals surface area contributed by atoms with Crippen molar-refractivity contribution in [1.29, 1.82) is 0 Å². The van der Waals surface area contributed by atoms with Crippen LogP contribution >= 0.6 is 0 Å². The minimum absolute atomic E-state index is 0.523. The van der Waals surface area contributed by atoms with E-state index in [-0.39, 0.29) is 0 Å². The van der Waals surface area contributed by atoms with Crippen LogP contribution in [0.1, 0.15) is 27.8 Å². The summed E-state index contributed by atoms with van der Waals surface area (Å²) in [5.74, 6) is 0.928. The van der Waals surface area contributed by atoms with Crippen molar-refractivity contribution in [2.75, 3.05) is 0 Å². The van der Waals surface area contributed by atoms with Gasteiger partial charge < -0.3 is 4.74 Å². The Morgan fingerprint density at radius 3 is 2.50 bits per heavy atom. The predicted molar refractivity (Wildman–Crippen MR) is 99.4 cm³/mol. The number of pyridine rings is 1. The second-order valence-electron chi connectivity index (χ2n) is 6.39. The number of hydrogen-bond donors (Lipinski definition) is 0. The van der Waals surface area contributed by atoms with E-state index < -0.39 is 0 Å². The summed E-state index contributed by atoms with van der Waals surface area (Å²) in [4.78, 5) is 4.40. The number of nitrogens with zero attached hydrogens (tertiary/aromatic N) is 1. The van der Waals surface area contributed by atoms with E-state index in [0.29, 0.717) is 6.61 Å². The number of benzene rings is 2. The van der Waals surface area contributed by atoms with Crippen molar-refractivity contribution >= 4 is 0 Å². The quantitative estimate of drug-likeness (QED) is 0.628. The largest absolute Gasteiger partial charge is 0.489 e. The molecule has 3 rings (SSSR count). The highest BCUT2D eigenvalue weighted by Gasteiger charge is 2.06. The summed E-state index contributed by atoms with van der Waals surface area (Å²) in [6, 6.07) is 14.8. The van der Waals surface area contributed by atoms with E-state index in [1.807, 2.05) is 18.5 Å². The van der Waals surface area contributed by atoms with Gasteiger partial charge in [0.05, 0.1) is 0 Å². The predicted octanol–water partition coefficient (Wildman–Crippen LogP) is 5.56. The van der Waals surface area contributed by atoms with Gasteiger partial charge in [-0.1, -0.05) is 35.9 Å². The third-order valence-electron chi connectivity index (χ3n) is 4.44. The molecule has 1 heterocycles. The highest BCUT2D eigenvalue weighted by Crippen LogP contribution is 2.26. The third-order valence-corrected chi connectivity index (χ3v) is 4.44. The Morgan fingerprint density at radius 1 is 0.875 bits per heavy atom. The summed E-state index contributed by atoms with van der Waals surface area (Å²) >= 11 is 0. The first-order valence-electron chi connectivity index (χ1n) is 8.25. The smallest absolute Gasteiger partial charge is 0.122 e. The lowest BCUT2D eigenvalue weighted by atomic mass is 9.97. The highest BCUT2D eigenvalue weighted by molar-refractivity contribution is 5.68. The molecule has 0 amide bonds. The molecule has 2 heteroatoms. The second kappa shape index (κ2) is 6.88. The Kier molecular flexibility index (Phi) is 4.66. The molecule has 2 nitrogen and oxygen atoms in total. The van der Waals surface area contributed by atoms with Gasteiger partial charge >= 0.3 is 0 Å². The van der Waals surface area contributed by atoms with Crippen LogP contribution in [0.15, 0.2) is 54.9 Å². The van der Waals surface area contributed by atoms with Crippen molar-refractivity contribution in [3.63, 3.8) is 0 Å². The fourth-order valence-corrected chi connectivity index (χ4v) is 2.90. The lowest BCUT2D eigenvalue weighted by Crippen LogP contribution is -1.99. The van der Waals surface area contributed by atoms with E-state index in [2.05, 4.69) is 69.1 Å². The van der Waals surface area contributed by atoms with Crippen LogP contribution < -0.4 is 4.74 Å². The number of rotatable bonds is 4. The van der Waals surface area contributed by atoms with E-state index in [9.17, 15) is 0 Å². The average molecular weight is 317 g/mol. The van der Waals surface area contributed by atoms with Gasteiger partial charge in [0, 0.05) is 23.5 Å². The molecule has 0 radical (unpaired) electrons. The van der Waals surface area contributed by atoms with Crippen LogP contribution in [0.4, 0.5) is 0 Å². The van der Waals surface area contributed by atoms with Gasteiger partial charge in [-0.05, 0) is 62.1 Å². The minimum Gasteiger partial charge on any atom is -0.489 e. The number of hydrogen-bond acceptors (Lipinski definition) is 2. The van der Waals surface area contributed by atoms with Gasteiger partial charge in [0.1, 0.15) is 12.4 Å². The summed E-state index contributed by atoms with van der Waals surface area (Å²) in [6.45, 7) is 8.99. The number of aryl methyl sites for hydroxylation is 3. The summed E-state index contributed by atoms with van der Waals surface area (Å²) in [5, 5.41) is 0. The molecule has 0 atom stereocenters. The summed E-state index contributed by atoms with van der Waals surface area (Å²) in [6.07, 6.45) is 3.79. The van der Waals surface area contributed by atoms with Gasteiger partial charge in [-0.25, -0.2) is 0 Å². The van der Waals surface area contributed by atoms with Gasteiger partial charge in [-0.2, -0.15) is 0 Å². The van der Waals surface area contributed by atoms with Crippen LogP contribution in [0.2, 0.25) is 0 Å². The summed E-state index contributed by atoms with van der Waals surface area (Å²) in [7, 11) is 0. The van der Waals surface area contributed by atoms with E-state index in [1.165, 1.54) is 22.3 Å². The van der Waals surface area contributed by atoms with Crippen LogP contribution in [0.3, 0.4) is 0 Å². The monoisotopic (exact) mass is 317 g/mol. The molecule has 0 N–H and O–H groups in total. The van der Waals surface area contributed by atoms with Gasteiger partial charge in [0.15, 0.2) is 0 Å². The molecule has 2 aromatic carbocycles. The van der Waals surface area contributed by atoms with Crippen LogP contribution in [-0.4, -0.2) is 4.98 Å². The van der Waals surface area contributed by atoms with Crippen LogP contribution in [0.5, 0.6) is 5.75 Å². The van der Waals surface area contributed by atoms with E-state index in [0.717, 1.165) is 22.4 Å². The van der Waals surface area contributed by atoms with E-state index >= 15 is 0 Å². The fourth-order valence-electron chi connectivity index (χ4n) is 2.90. The Balaban J connectivity index is 1.82. The fraction of sp³-hybridized carbons (Fsp3) is 0.227. The first-order valence-corrected chi connectivity index (χ1v) is 8.25. The van der Waals surface area contributed by atoms with Crippen LogP contribution in [-0.2, 0) is 6.61 Å². The molecular formula is C22H23NO. The maximum Gasteiger partial charge on any atom is 0.122 e. The Hall–Kier alpha value is -2.61. The SMILES string of the molecule is Cc1ccc(OCc2cncc(-c3cccc(C)c3C)c2)c(C)c1. The molecule has 0 fully saturated rings.